The second-order valence-corrected chi connectivity index (χ2v) is 8.05. The van der Waals surface area contributed by atoms with Crippen molar-refractivity contribution >= 4 is 23.6 Å². The number of rotatable bonds is 7. The van der Waals surface area contributed by atoms with Gasteiger partial charge in [-0.05, 0) is 30.7 Å². The van der Waals surface area contributed by atoms with E-state index in [9.17, 15) is 14.7 Å². The van der Waals surface area contributed by atoms with Crippen LogP contribution < -0.4 is 14.4 Å². The molecule has 1 amide bonds. The Morgan fingerprint density at radius 3 is 2.57 bits per heavy atom. The minimum atomic E-state index is -1.33. The standard InChI is InChI=1S/C20H20N2O5S/c23-11-8-15-17(24)22-16(19(25)26)20(28-18(15)22)27-14-6-4-13(5-7-14)12-21-9-2-1-3-10-21/h1-7,9-10,15-16,18,20,23H,8,11-12H2/t15-,16?,18?,20?/m0/s1. The highest BCUT2D eigenvalue weighted by Gasteiger charge is 2.59. The average molecular weight is 400 g/mol. The molecule has 0 bridgehead atoms. The van der Waals surface area contributed by atoms with E-state index in [0.717, 1.165) is 5.56 Å². The van der Waals surface area contributed by atoms with E-state index in [2.05, 4.69) is 0 Å². The number of hydrogen-bond donors (Lipinski definition) is 1. The minimum Gasteiger partial charge on any atom is -0.548 e. The molecule has 2 fully saturated rings. The first-order valence-corrected chi connectivity index (χ1v) is 10.0. The van der Waals surface area contributed by atoms with Gasteiger partial charge in [0.1, 0.15) is 11.8 Å². The van der Waals surface area contributed by atoms with Crippen LogP contribution in [0, 0.1) is 5.92 Å². The van der Waals surface area contributed by atoms with Crippen LogP contribution in [0.5, 0.6) is 5.75 Å². The Labute approximate surface area is 166 Å². The Morgan fingerprint density at radius 2 is 1.93 bits per heavy atom. The van der Waals surface area contributed by atoms with E-state index in [1.807, 2.05) is 47.3 Å². The Kier molecular flexibility index (Phi) is 5.23. The van der Waals surface area contributed by atoms with Crippen LogP contribution in [-0.2, 0) is 16.1 Å². The molecule has 146 valence electrons. The number of carboxylic acids is 1. The Balaban J connectivity index is 1.44. The fourth-order valence-corrected chi connectivity index (χ4v) is 5.27. The highest BCUT2D eigenvalue weighted by molar-refractivity contribution is 8.00. The van der Waals surface area contributed by atoms with Crippen LogP contribution in [0.3, 0.4) is 0 Å². The van der Waals surface area contributed by atoms with Gasteiger partial charge in [-0.2, -0.15) is 0 Å². The third-order valence-electron chi connectivity index (χ3n) is 5.02. The monoisotopic (exact) mass is 400 g/mol. The first-order chi connectivity index (χ1) is 13.6. The van der Waals surface area contributed by atoms with Crippen LogP contribution in [0.1, 0.15) is 12.0 Å². The molecule has 4 atom stereocenters. The number of β-lactam (4-membered cyclic amide) rings is 1. The molecule has 0 saturated carbocycles. The largest absolute Gasteiger partial charge is 0.548 e. The second-order valence-electron chi connectivity index (χ2n) is 6.83. The molecule has 0 radical (unpaired) electrons. The van der Waals surface area contributed by atoms with Gasteiger partial charge in [0.15, 0.2) is 24.4 Å². The lowest BCUT2D eigenvalue weighted by Gasteiger charge is -2.44. The number of pyridine rings is 1. The van der Waals surface area contributed by atoms with Crippen molar-refractivity contribution in [3.63, 3.8) is 0 Å². The van der Waals surface area contributed by atoms with Crippen LogP contribution in [0.25, 0.3) is 0 Å². The van der Waals surface area contributed by atoms with Crippen LogP contribution in [0.15, 0.2) is 54.9 Å². The summed E-state index contributed by atoms with van der Waals surface area (Å²) in [6.07, 6.45) is 4.29. The molecule has 3 unspecified atom stereocenters. The molecule has 2 aromatic rings. The van der Waals surface area contributed by atoms with Gasteiger partial charge in [0, 0.05) is 24.3 Å². The fourth-order valence-electron chi connectivity index (χ4n) is 3.63. The predicted molar refractivity (Wildman–Crippen MR) is 98.8 cm³/mol. The van der Waals surface area contributed by atoms with Gasteiger partial charge in [-0.15, -0.1) is 0 Å². The van der Waals surface area contributed by atoms with Gasteiger partial charge < -0.3 is 24.6 Å². The number of thioether (sulfide) groups is 1. The molecule has 7 nitrogen and oxygen atoms in total. The van der Waals surface area contributed by atoms with Crippen molar-refractivity contribution in [1.29, 1.82) is 0 Å². The lowest BCUT2D eigenvalue weighted by Crippen LogP contribution is -2.64. The lowest BCUT2D eigenvalue weighted by molar-refractivity contribution is -0.688. The maximum atomic E-state index is 12.2. The number of carbonyl (C=O) groups excluding carboxylic acids is 2. The second kappa shape index (κ2) is 7.81. The van der Waals surface area contributed by atoms with Gasteiger partial charge in [0.25, 0.3) is 0 Å². The van der Waals surface area contributed by atoms with Crippen molar-refractivity contribution in [3.8, 4) is 5.75 Å². The van der Waals surface area contributed by atoms with E-state index < -0.39 is 17.4 Å². The normalized spacial score (nSPS) is 25.9. The van der Waals surface area contributed by atoms with E-state index in [-0.39, 0.29) is 23.8 Å². The zero-order valence-electron chi connectivity index (χ0n) is 15.0. The zero-order valence-corrected chi connectivity index (χ0v) is 15.8. The zero-order chi connectivity index (χ0) is 19.7. The highest BCUT2D eigenvalue weighted by Crippen LogP contribution is 2.48. The Hall–Kier alpha value is -2.58. The smallest absolute Gasteiger partial charge is 0.230 e. The Bertz CT molecular complexity index is 861. The molecule has 4 rings (SSSR count). The number of fused-ring (bicyclic) bond motifs is 1. The van der Waals surface area contributed by atoms with Gasteiger partial charge in [-0.1, -0.05) is 17.8 Å². The third-order valence-corrected chi connectivity index (χ3v) is 6.48. The Morgan fingerprint density at radius 1 is 1.21 bits per heavy atom. The molecule has 1 aromatic heterocycles. The van der Waals surface area contributed by atoms with Crippen molar-refractivity contribution < 1.29 is 29.1 Å². The molecule has 8 heteroatoms. The lowest BCUT2D eigenvalue weighted by atomic mass is 9.93. The molecule has 3 heterocycles. The number of ether oxygens (including phenoxy) is 1. The topological polar surface area (TPSA) is 93.8 Å². The predicted octanol–water partition coefficient (Wildman–Crippen LogP) is -0.240. The first kappa shape index (κ1) is 18.8. The van der Waals surface area contributed by atoms with Crippen molar-refractivity contribution in [2.45, 2.75) is 29.8 Å². The number of aliphatic hydroxyl groups is 1. The van der Waals surface area contributed by atoms with Crippen molar-refractivity contribution in [2.24, 2.45) is 5.92 Å². The number of carboxylic acid groups (broad SMARTS) is 1. The molecule has 2 aliphatic rings. The number of aliphatic hydroxyl groups excluding tert-OH is 1. The van der Waals surface area contributed by atoms with E-state index in [1.165, 1.54) is 16.7 Å². The van der Waals surface area contributed by atoms with E-state index in [4.69, 9.17) is 9.84 Å². The van der Waals surface area contributed by atoms with Gasteiger partial charge >= 0.3 is 0 Å². The third kappa shape index (κ3) is 3.45. The molecular weight excluding hydrogens is 380 g/mol. The van der Waals surface area contributed by atoms with Crippen molar-refractivity contribution in [2.75, 3.05) is 6.61 Å². The van der Waals surface area contributed by atoms with E-state index >= 15 is 0 Å². The van der Waals surface area contributed by atoms with Crippen LogP contribution in [-0.4, -0.2) is 45.3 Å². The van der Waals surface area contributed by atoms with Gasteiger partial charge in [-0.25, -0.2) is 4.57 Å². The molecule has 2 aliphatic heterocycles. The first-order valence-electron chi connectivity index (χ1n) is 9.07. The molecular formula is C20H20N2O5S. The number of amides is 1. The maximum Gasteiger partial charge on any atom is 0.230 e. The summed E-state index contributed by atoms with van der Waals surface area (Å²) < 4.78 is 7.94. The molecule has 28 heavy (non-hydrogen) atoms. The summed E-state index contributed by atoms with van der Waals surface area (Å²) in [4.78, 5) is 25.1. The summed E-state index contributed by atoms with van der Waals surface area (Å²) in [7, 11) is 0. The van der Waals surface area contributed by atoms with Gasteiger partial charge in [0.2, 0.25) is 5.91 Å². The van der Waals surface area contributed by atoms with E-state index in [1.54, 1.807) is 12.1 Å². The van der Waals surface area contributed by atoms with Crippen LogP contribution >= 0.6 is 11.8 Å². The maximum absolute atomic E-state index is 12.2. The molecule has 1 N–H and O–H groups in total. The summed E-state index contributed by atoms with van der Waals surface area (Å²) in [5.41, 5.74) is 0.345. The summed E-state index contributed by atoms with van der Waals surface area (Å²) in [6, 6.07) is 12.2. The molecule has 0 aliphatic carbocycles. The minimum absolute atomic E-state index is 0.107. The van der Waals surface area contributed by atoms with Crippen LogP contribution in [0.2, 0.25) is 0 Å². The van der Waals surface area contributed by atoms with Crippen molar-refractivity contribution in [1.82, 2.24) is 4.90 Å². The number of carbonyl (C=O) groups is 2. The molecule has 2 saturated heterocycles. The summed E-state index contributed by atoms with van der Waals surface area (Å²) in [5, 5.41) is 20.4. The molecule has 1 aromatic carbocycles. The summed E-state index contributed by atoms with van der Waals surface area (Å²) in [5.74, 6) is -1.41. The fraction of sp³-hybridized carbons (Fsp3) is 0.350. The number of hydrogen-bond acceptors (Lipinski definition) is 6. The molecule has 0 spiro atoms. The van der Waals surface area contributed by atoms with E-state index in [0.29, 0.717) is 18.7 Å². The number of aliphatic carboxylic acids is 1. The number of nitrogens with zero attached hydrogens (tertiary/aromatic N) is 2. The van der Waals surface area contributed by atoms with Crippen molar-refractivity contribution in [3.05, 3.63) is 60.4 Å². The number of aromatic nitrogens is 1. The van der Waals surface area contributed by atoms with Gasteiger partial charge in [-0.3, -0.25) is 4.79 Å². The summed E-state index contributed by atoms with van der Waals surface area (Å²) >= 11 is 1.30. The summed E-state index contributed by atoms with van der Waals surface area (Å²) in [6.45, 7) is 0.609. The quantitative estimate of drug-likeness (QED) is 0.509. The highest BCUT2D eigenvalue weighted by atomic mass is 32.2. The van der Waals surface area contributed by atoms with Gasteiger partial charge in [0.05, 0.1) is 17.3 Å². The van der Waals surface area contributed by atoms with Crippen LogP contribution in [0.4, 0.5) is 0 Å². The SMILES string of the molecule is O=C([O-])C1C(Oc2ccc(C[n+]3ccccc3)cc2)SC2[C@@H](CCO)C(=O)N12. The average Bonchev–Trinajstić information content (AvgIpc) is 3.03. The number of benzene rings is 1.